The predicted molar refractivity (Wildman–Crippen MR) is 82.9 cm³/mol. The lowest BCUT2D eigenvalue weighted by molar-refractivity contribution is 0.101. The first-order chi connectivity index (χ1) is 9.74. The molecule has 0 spiro atoms. The Morgan fingerprint density at radius 2 is 2.05 bits per heavy atom. The molecule has 6 nitrogen and oxygen atoms in total. The van der Waals surface area contributed by atoms with Crippen LogP contribution in [0.1, 0.15) is 26.3 Å². The third-order valence-corrected chi connectivity index (χ3v) is 3.03. The molecule has 1 aromatic carbocycles. The van der Waals surface area contributed by atoms with E-state index in [1.807, 2.05) is 39.8 Å². The van der Waals surface area contributed by atoms with Gasteiger partial charge in [0.25, 0.3) is 0 Å². The average Bonchev–Trinajstić information content (AvgIpc) is 2.72. The van der Waals surface area contributed by atoms with E-state index in [1.54, 1.807) is 0 Å². The molecular weight excluding hydrogens is 270 g/mol. The molecule has 2 aromatic rings. The smallest absolute Gasteiger partial charge is 0.323 e. The maximum Gasteiger partial charge on any atom is 0.323 e. The Hall–Kier alpha value is -1.79. The summed E-state index contributed by atoms with van der Waals surface area (Å²) in [4.78, 5) is 16.8. The molecule has 0 saturated carbocycles. The van der Waals surface area contributed by atoms with Crippen molar-refractivity contribution in [1.29, 1.82) is 0 Å². The molecule has 2 rings (SSSR count). The molecule has 0 radical (unpaired) electrons. The second-order valence-corrected chi connectivity index (χ2v) is 6.36. The van der Waals surface area contributed by atoms with Crippen LogP contribution in [0.15, 0.2) is 16.9 Å². The van der Waals surface area contributed by atoms with Crippen molar-refractivity contribution < 1.29 is 9.84 Å². The Balaban J connectivity index is 2.04. The van der Waals surface area contributed by atoms with E-state index >= 15 is 0 Å². The van der Waals surface area contributed by atoms with Crippen molar-refractivity contribution in [2.45, 2.75) is 39.3 Å². The molecule has 1 unspecified atom stereocenters. The Morgan fingerprint density at radius 3 is 2.71 bits per heavy atom. The van der Waals surface area contributed by atoms with Gasteiger partial charge in [-0.2, -0.15) is 0 Å². The van der Waals surface area contributed by atoms with Crippen LogP contribution in [0, 0.1) is 6.92 Å². The largest absolute Gasteiger partial charge is 0.489 e. The van der Waals surface area contributed by atoms with Crippen LogP contribution in [0.2, 0.25) is 0 Å². The lowest BCUT2D eigenvalue weighted by Gasteiger charge is -2.23. The number of fused-ring (bicyclic) bond motifs is 1. The number of rotatable bonds is 5. The molecule has 0 aliphatic heterocycles. The molecule has 4 N–H and O–H groups in total. The van der Waals surface area contributed by atoms with E-state index in [-0.39, 0.29) is 17.8 Å². The van der Waals surface area contributed by atoms with Gasteiger partial charge in [0.2, 0.25) is 0 Å². The highest BCUT2D eigenvalue weighted by Gasteiger charge is 2.14. The molecule has 0 amide bonds. The Bertz CT molecular complexity index is 667. The fraction of sp³-hybridized carbons (Fsp3) is 0.533. The summed E-state index contributed by atoms with van der Waals surface area (Å²) in [6, 6.07) is 3.72. The second kappa shape index (κ2) is 5.91. The second-order valence-electron chi connectivity index (χ2n) is 6.36. The number of aliphatic hydroxyl groups is 1. The fourth-order valence-electron chi connectivity index (χ4n) is 2.03. The first-order valence-electron chi connectivity index (χ1n) is 7.03. The van der Waals surface area contributed by atoms with Crippen LogP contribution in [-0.2, 0) is 0 Å². The number of benzene rings is 1. The van der Waals surface area contributed by atoms with Gasteiger partial charge in [-0.25, -0.2) is 4.79 Å². The van der Waals surface area contributed by atoms with E-state index in [0.29, 0.717) is 23.3 Å². The standard InChI is InChI=1S/C15H23N3O3/c1-9-5-11-13(18-14(20)17-11)12(6-9)21-8-10(19)7-16-15(2,3)4/h5-6,10,16,19H,7-8H2,1-4H3,(H2,17,18,20). The van der Waals surface area contributed by atoms with Crippen LogP contribution < -0.4 is 15.7 Å². The van der Waals surface area contributed by atoms with Gasteiger partial charge in [0.1, 0.15) is 24.0 Å². The molecule has 116 valence electrons. The zero-order valence-electron chi connectivity index (χ0n) is 12.9. The van der Waals surface area contributed by atoms with Crippen molar-refractivity contribution in [3.05, 3.63) is 28.2 Å². The zero-order valence-corrected chi connectivity index (χ0v) is 12.9. The van der Waals surface area contributed by atoms with E-state index in [2.05, 4.69) is 15.3 Å². The third kappa shape index (κ3) is 4.34. The molecular formula is C15H23N3O3. The quantitative estimate of drug-likeness (QED) is 0.669. The number of aromatic amines is 2. The monoisotopic (exact) mass is 293 g/mol. The number of β-amino-alcohol motifs (C(OH)–C–C–N with tert-alkyl or cyclic N) is 1. The summed E-state index contributed by atoms with van der Waals surface area (Å²) in [5.74, 6) is 0.568. The summed E-state index contributed by atoms with van der Waals surface area (Å²) >= 11 is 0. The zero-order chi connectivity index (χ0) is 15.6. The van der Waals surface area contributed by atoms with E-state index < -0.39 is 6.10 Å². The minimum absolute atomic E-state index is 0.0521. The van der Waals surface area contributed by atoms with Gasteiger partial charge in [0.15, 0.2) is 0 Å². The molecule has 1 atom stereocenters. The SMILES string of the molecule is Cc1cc(OCC(O)CNC(C)(C)C)c2[nH]c(=O)[nH]c2c1. The summed E-state index contributed by atoms with van der Waals surface area (Å²) < 4.78 is 5.66. The number of H-pyrrole nitrogens is 2. The molecule has 1 heterocycles. The van der Waals surface area contributed by atoms with Crippen molar-refractivity contribution in [2.24, 2.45) is 0 Å². The first kappa shape index (κ1) is 15.6. The molecule has 0 fully saturated rings. The first-order valence-corrected chi connectivity index (χ1v) is 7.03. The van der Waals surface area contributed by atoms with Gasteiger partial charge in [0.05, 0.1) is 5.52 Å². The Morgan fingerprint density at radius 1 is 1.33 bits per heavy atom. The van der Waals surface area contributed by atoms with Gasteiger partial charge in [-0.15, -0.1) is 0 Å². The van der Waals surface area contributed by atoms with Crippen molar-refractivity contribution in [1.82, 2.24) is 15.3 Å². The number of nitrogens with one attached hydrogen (secondary N) is 3. The third-order valence-electron chi connectivity index (χ3n) is 3.03. The van der Waals surface area contributed by atoms with Crippen molar-refractivity contribution in [3.8, 4) is 5.75 Å². The minimum atomic E-state index is -0.620. The van der Waals surface area contributed by atoms with Crippen LogP contribution in [0.3, 0.4) is 0 Å². The minimum Gasteiger partial charge on any atom is -0.489 e. The lowest BCUT2D eigenvalue weighted by Crippen LogP contribution is -2.42. The van der Waals surface area contributed by atoms with E-state index in [1.165, 1.54) is 0 Å². The van der Waals surface area contributed by atoms with E-state index in [9.17, 15) is 9.90 Å². The number of aliphatic hydroxyl groups excluding tert-OH is 1. The van der Waals surface area contributed by atoms with E-state index in [0.717, 1.165) is 5.56 Å². The van der Waals surface area contributed by atoms with Gasteiger partial charge in [-0.3, -0.25) is 0 Å². The number of hydrogen-bond acceptors (Lipinski definition) is 4. The number of imidazole rings is 1. The predicted octanol–water partition coefficient (Wildman–Crippen LogP) is 1.29. The molecule has 0 saturated heterocycles. The van der Waals surface area contributed by atoms with Gasteiger partial charge in [0, 0.05) is 12.1 Å². The van der Waals surface area contributed by atoms with E-state index in [4.69, 9.17) is 4.74 Å². The fourth-order valence-corrected chi connectivity index (χ4v) is 2.03. The van der Waals surface area contributed by atoms with Crippen LogP contribution in [0.25, 0.3) is 11.0 Å². The van der Waals surface area contributed by atoms with Crippen molar-refractivity contribution in [2.75, 3.05) is 13.2 Å². The van der Waals surface area contributed by atoms with Crippen molar-refractivity contribution >= 4 is 11.0 Å². The average molecular weight is 293 g/mol. The highest BCUT2D eigenvalue weighted by molar-refractivity contribution is 5.82. The molecule has 0 aliphatic carbocycles. The molecule has 1 aromatic heterocycles. The molecule has 0 aliphatic rings. The topological polar surface area (TPSA) is 90.1 Å². The Kier molecular flexibility index (Phi) is 4.39. The van der Waals surface area contributed by atoms with Gasteiger partial charge < -0.3 is 25.1 Å². The number of hydrogen-bond donors (Lipinski definition) is 4. The highest BCUT2D eigenvalue weighted by Crippen LogP contribution is 2.23. The highest BCUT2D eigenvalue weighted by atomic mass is 16.5. The van der Waals surface area contributed by atoms with Gasteiger partial charge >= 0.3 is 5.69 Å². The van der Waals surface area contributed by atoms with Gasteiger partial charge in [-0.05, 0) is 45.4 Å². The summed E-state index contributed by atoms with van der Waals surface area (Å²) in [5, 5.41) is 13.2. The van der Waals surface area contributed by atoms with Crippen LogP contribution in [0.4, 0.5) is 0 Å². The number of ether oxygens (including phenoxy) is 1. The molecule has 21 heavy (non-hydrogen) atoms. The molecule has 6 heteroatoms. The van der Waals surface area contributed by atoms with Gasteiger partial charge in [-0.1, -0.05) is 0 Å². The summed E-state index contributed by atoms with van der Waals surface area (Å²) in [6.07, 6.45) is -0.620. The van der Waals surface area contributed by atoms with Crippen molar-refractivity contribution in [3.63, 3.8) is 0 Å². The summed E-state index contributed by atoms with van der Waals surface area (Å²) in [7, 11) is 0. The maximum absolute atomic E-state index is 11.4. The number of aromatic nitrogens is 2. The van der Waals surface area contributed by atoms with Crippen LogP contribution in [-0.4, -0.2) is 39.9 Å². The lowest BCUT2D eigenvalue weighted by atomic mass is 10.1. The maximum atomic E-state index is 11.4. The summed E-state index contributed by atoms with van der Waals surface area (Å²) in [6.45, 7) is 8.64. The van der Waals surface area contributed by atoms with Crippen LogP contribution in [0.5, 0.6) is 5.75 Å². The number of aryl methyl sites for hydroxylation is 1. The molecule has 0 bridgehead atoms. The van der Waals surface area contributed by atoms with Crippen LogP contribution >= 0.6 is 0 Å². The summed E-state index contributed by atoms with van der Waals surface area (Å²) in [5.41, 5.74) is 1.99. The Labute approximate surface area is 123 Å². The normalized spacial score (nSPS) is 13.6.